The molecule has 4 aromatic rings. The number of aromatic nitrogens is 3. The molecular weight excluding hydrogens is 576 g/mol. The van der Waals surface area contributed by atoms with E-state index in [1.807, 2.05) is 0 Å². The van der Waals surface area contributed by atoms with Gasteiger partial charge in [0.25, 0.3) is 5.56 Å². The zero-order valence-electron chi connectivity index (χ0n) is 25.3. The third-order valence-corrected chi connectivity index (χ3v) is 6.32. The van der Waals surface area contributed by atoms with Crippen LogP contribution in [-0.4, -0.2) is 45.2 Å². The first-order valence-corrected chi connectivity index (χ1v) is 13.7. The van der Waals surface area contributed by atoms with E-state index in [9.17, 15) is 14.4 Å². The highest BCUT2D eigenvalue weighted by molar-refractivity contribution is 6.14. The van der Waals surface area contributed by atoms with Gasteiger partial charge in [0.05, 0.1) is 47.7 Å². The van der Waals surface area contributed by atoms with Gasteiger partial charge >= 0.3 is 12.1 Å². The molecule has 13 nitrogen and oxygen atoms in total. The summed E-state index contributed by atoms with van der Waals surface area (Å²) in [5, 5.41) is 17.3. The van der Waals surface area contributed by atoms with Crippen molar-refractivity contribution in [3.63, 3.8) is 0 Å². The van der Waals surface area contributed by atoms with E-state index in [0.717, 1.165) is 5.56 Å². The van der Waals surface area contributed by atoms with Gasteiger partial charge in [-0.2, -0.15) is 5.10 Å². The number of ether oxygens (including phenoxy) is 2. The number of nitrogens with one attached hydrogen (secondary N) is 2. The highest BCUT2D eigenvalue weighted by Gasteiger charge is 2.20. The van der Waals surface area contributed by atoms with E-state index in [2.05, 4.69) is 15.4 Å². The first-order valence-electron chi connectivity index (χ1n) is 13.7. The van der Waals surface area contributed by atoms with Gasteiger partial charge in [-0.05, 0) is 80.9 Å². The zero-order valence-corrected chi connectivity index (χ0v) is 25.3. The Labute approximate surface area is 259 Å². The summed E-state index contributed by atoms with van der Waals surface area (Å²) >= 11 is 0. The summed E-state index contributed by atoms with van der Waals surface area (Å²) in [5.74, 6) is 5.70. The molecule has 0 unspecified atom stereocenters. The highest BCUT2D eigenvalue weighted by atomic mass is 16.6. The minimum absolute atomic E-state index is 0.0334. The van der Waals surface area contributed by atoms with Crippen LogP contribution in [0.5, 0.6) is 0 Å². The fourth-order valence-corrected chi connectivity index (χ4v) is 4.16. The van der Waals surface area contributed by atoms with Crippen molar-refractivity contribution in [2.75, 3.05) is 17.4 Å². The summed E-state index contributed by atoms with van der Waals surface area (Å²) in [6.07, 6.45) is 3.89. The molecule has 0 bridgehead atoms. The van der Waals surface area contributed by atoms with E-state index < -0.39 is 17.7 Å². The lowest BCUT2D eigenvalue weighted by Crippen LogP contribution is -2.29. The smallest absolute Gasteiger partial charge is 0.412 e. The Morgan fingerprint density at radius 1 is 1.04 bits per heavy atom. The number of esters is 1. The molecule has 0 saturated heterocycles. The Morgan fingerprint density at radius 2 is 1.73 bits per heavy atom. The Balaban J connectivity index is 1.67. The maximum atomic E-state index is 12.7. The lowest BCUT2D eigenvalue weighted by Gasteiger charge is -2.21. The van der Waals surface area contributed by atoms with E-state index >= 15 is 0 Å². The van der Waals surface area contributed by atoms with Gasteiger partial charge in [0.1, 0.15) is 5.60 Å². The Hall–Kier alpha value is -5.82. The average Bonchev–Trinajstić information content (AvgIpc) is 3.01. The predicted molar refractivity (Wildman–Crippen MR) is 171 cm³/mol. The first kappa shape index (κ1) is 32.1. The number of nitrogens with two attached hydrogens (primary N) is 2. The fraction of sp³-hybridized carbons (Fsp3) is 0.188. The number of methoxy groups -OCH3 is 1. The number of amides is 1. The first-order chi connectivity index (χ1) is 21.3. The third kappa shape index (κ3) is 8.39. The molecule has 0 atom stereocenters. The second-order valence-electron chi connectivity index (χ2n) is 10.9. The maximum absolute atomic E-state index is 12.7. The molecule has 4 rings (SSSR count). The second kappa shape index (κ2) is 13.7. The molecule has 6 N–H and O–H groups in total. The minimum atomic E-state index is -0.757. The van der Waals surface area contributed by atoms with Gasteiger partial charge in [-0.1, -0.05) is 6.07 Å². The standard InChI is InChI=1S/C32H34N8O5/c1-32(2,3)45-31(43)37-27-10-5-20(18-40-28(41)12-11-26(38-40)21-13-15-36-16-14-21)17-24(27)29(34)25(33)19-39(35)23-8-6-22(7-9-23)30(42)44-4/h5-17,19,34H,18,33,35H2,1-4H3,(H,37,43)/b25-19-,34-29?. The maximum Gasteiger partial charge on any atom is 0.412 e. The van der Waals surface area contributed by atoms with Crippen molar-refractivity contribution in [2.45, 2.75) is 32.9 Å². The van der Waals surface area contributed by atoms with Crippen molar-refractivity contribution < 1.29 is 19.1 Å². The summed E-state index contributed by atoms with van der Waals surface area (Å²) < 4.78 is 11.4. The van der Waals surface area contributed by atoms with Crippen LogP contribution >= 0.6 is 0 Å². The molecule has 2 heterocycles. The van der Waals surface area contributed by atoms with Gasteiger partial charge in [-0.25, -0.2) is 20.1 Å². The molecule has 2 aromatic carbocycles. The number of benzene rings is 2. The molecule has 0 saturated carbocycles. The lowest BCUT2D eigenvalue weighted by atomic mass is 10.0. The van der Waals surface area contributed by atoms with E-state index in [4.69, 9.17) is 26.5 Å². The Bertz CT molecular complexity index is 1800. The van der Waals surface area contributed by atoms with Crippen LogP contribution in [0, 0.1) is 5.41 Å². The number of hydrogen-bond acceptors (Lipinski definition) is 11. The van der Waals surface area contributed by atoms with Gasteiger partial charge in [0.15, 0.2) is 0 Å². The third-order valence-electron chi connectivity index (χ3n) is 6.32. The molecule has 2 aromatic heterocycles. The molecule has 232 valence electrons. The van der Waals surface area contributed by atoms with Crippen LogP contribution < -0.4 is 27.5 Å². The van der Waals surface area contributed by atoms with Gasteiger partial charge in [-0.3, -0.25) is 25.5 Å². The summed E-state index contributed by atoms with van der Waals surface area (Å²) in [5.41, 5.74) is 8.38. The van der Waals surface area contributed by atoms with Crippen molar-refractivity contribution in [3.8, 4) is 11.3 Å². The number of carbonyl (C=O) groups is 2. The van der Waals surface area contributed by atoms with Gasteiger partial charge in [0, 0.05) is 35.8 Å². The molecule has 0 aliphatic carbocycles. The SMILES string of the molecule is COC(=O)c1ccc(N(N)/C=C(\N)C(=N)c2cc(Cn3nc(-c4ccncc4)ccc3=O)ccc2NC(=O)OC(C)(C)C)cc1. The number of rotatable bonds is 9. The number of hydrazine groups is 1. The molecular formula is C32H34N8O5. The fourth-order valence-electron chi connectivity index (χ4n) is 4.16. The molecule has 13 heteroatoms. The van der Waals surface area contributed by atoms with Crippen LogP contribution in [0.1, 0.15) is 42.3 Å². The van der Waals surface area contributed by atoms with E-state index in [1.165, 1.54) is 29.1 Å². The molecule has 0 fully saturated rings. The van der Waals surface area contributed by atoms with E-state index in [1.54, 1.807) is 93.8 Å². The van der Waals surface area contributed by atoms with Crippen LogP contribution in [0.2, 0.25) is 0 Å². The van der Waals surface area contributed by atoms with Gasteiger partial charge < -0.3 is 15.2 Å². The van der Waals surface area contributed by atoms with Crippen LogP contribution in [0.25, 0.3) is 11.3 Å². The Kier molecular flexibility index (Phi) is 9.74. The largest absolute Gasteiger partial charge is 0.465 e. The zero-order chi connectivity index (χ0) is 32.7. The Morgan fingerprint density at radius 3 is 2.38 bits per heavy atom. The van der Waals surface area contributed by atoms with Gasteiger partial charge in [-0.15, -0.1) is 0 Å². The summed E-state index contributed by atoms with van der Waals surface area (Å²) in [7, 11) is 1.29. The molecule has 0 radical (unpaired) electrons. The monoisotopic (exact) mass is 610 g/mol. The van der Waals surface area contributed by atoms with Gasteiger partial charge in [0.2, 0.25) is 0 Å². The molecule has 1 amide bonds. The van der Waals surface area contributed by atoms with Crippen molar-refractivity contribution >= 4 is 29.1 Å². The minimum Gasteiger partial charge on any atom is -0.465 e. The molecule has 0 aliphatic heterocycles. The van der Waals surface area contributed by atoms with Crippen molar-refractivity contribution in [1.82, 2.24) is 14.8 Å². The number of allylic oxidation sites excluding steroid dienone is 1. The average molecular weight is 611 g/mol. The number of pyridine rings is 1. The topological polar surface area (TPSA) is 192 Å². The predicted octanol–water partition coefficient (Wildman–Crippen LogP) is 4.04. The lowest BCUT2D eigenvalue weighted by molar-refractivity contribution is 0.0598. The summed E-state index contributed by atoms with van der Waals surface area (Å²) in [6.45, 7) is 5.27. The van der Waals surface area contributed by atoms with E-state index in [-0.39, 0.29) is 34.8 Å². The normalized spacial score (nSPS) is 11.4. The van der Waals surface area contributed by atoms with Crippen LogP contribution in [0.3, 0.4) is 0 Å². The highest BCUT2D eigenvalue weighted by Crippen LogP contribution is 2.23. The summed E-state index contributed by atoms with van der Waals surface area (Å²) in [4.78, 5) is 41.1. The quantitative estimate of drug-likeness (QED) is 0.0931. The number of hydrogen-bond donors (Lipinski definition) is 4. The molecule has 0 spiro atoms. The van der Waals surface area contributed by atoms with E-state index in [0.29, 0.717) is 22.5 Å². The van der Waals surface area contributed by atoms with Crippen molar-refractivity contribution in [2.24, 2.45) is 11.6 Å². The van der Waals surface area contributed by atoms with Crippen molar-refractivity contribution in [3.05, 3.63) is 118 Å². The second-order valence-corrected chi connectivity index (χ2v) is 10.9. The van der Waals surface area contributed by atoms with Crippen LogP contribution in [0.15, 0.2) is 95.8 Å². The number of anilines is 2. The van der Waals surface area contributed by atoms with Crippen LogP contribution in [0.4, 0.5) is 16.2 Å². The van der Waals surface area contributed by atoms with Crippen molar-refractivity contribution in [1.29, 1.82) is 5.41 Å². The summed E-state index contributed by atoms with van der Waals surface area (Å²) in [6, 6.07) is 17.9. The molecule has 0 aliphatic rings. The number of nitrogens with zero attached hydrogens (tertiary/aromatic N) is 4. The number of carbonyl (C=O) groups excluding carboxylic acids is 2. The molecule has 45 heavy (non-hydrogen) atoms. The van der Waals surface area contributed by atoms with Crippen LogP contribution in [-0.2, 0) is 16.0 Å².